The molecule has 0 N–H and O–H groups in total. The van der Waals surface area contributed by atoms with Crippen molar-refractivity contribution in [3.8, 4) is 0 Å². The first-order chi connectivity index (χ1) is 9.58. The van der Waals surface area contributed by atoms with Gasteiger partial charge in [-0.25, -0.2) is 9.97 Å². The monoisotopic (exact) mass is 289 g/mol. The van der Waals surface area contributed by atoms with Gasteiger partial charge in [0, 0.05) is 30.4 Å². The minimum atomic E-state index is 0.425. The molecular formula is C16H20ClN3. The van der Waals surface area contributed by atoms with E-state index in [1.807, 2.05) is 18.5 Å². The second-order valence-corrected chi connectivity index (χ2v) is 6.32. The maximum absolute atomic E-state index is 6.09. The van der Waals surface area contributed by atoms with E-state index in [0.29, 0.717) is 17.1 Å². The van der Waals surface area contributed by atoms with E-state index in [1.165, 1.54) is 23.8 Å². The van der Waals surface area contributed by atoms with Crippen molar-refractivity contribution in [1.29, 1.82) is 0 Å². The molecular weight excluding hydrogens is 270 g/mol. The number of nitrogens with zero attached hydrogens (tertiary/aromatic N) is 3. The number of fused-ring (bicyclic) bond motifs is 1. The molecule has 2 aromatic heterocycles. The number of aromatic nitrogens is 2. The van der Waals surface area contributed by atoms with Crippen molar-refractivity contribution in [2.45, 2.75) is 45.6 Å². The summed E-state index contributed by atoms with van der Waals surface area (Å²) in [5, 5.41) is 2.85. The molecule has 4 heteroatoms. The highest BCUT2D eigenvalue weighted by atomic mass is 35.5. The summed E-state index contributed by atoms with van der Waals surface area (Å²) < 4.78 is 0. The van der Waals surface area contributed by atoms with Gasteiger partial charge in [-0.2, -0.15) is 0 Å². The van der Waals surface area contributed by atoms with Gasteiger partial charge < -0.3 is 4.90 Å². The number of hydrogen-bond acceptors (Lipinski definition) is 3. The average molecular weight is 290 g/mol. The topological polar surface area (TPSA) is 29.0 Å². The van der Waals surface area contributed by atoms with Crippen LogP contribution in [0.25, 0.3) is 10.8 Å². The molecule has 0 saturated carbocycles. The van der Waals surface area contributed by atoms with E-state index < -0.39 is 0 Å². The van der Waals surface area contributed by atoms with Crippen LogP contribution in [0, 0.1) is 0 Å². The van der Waals surface area contributed by atoms with Crippen LogP contribution in [-0.2, 0) is 0 Å². The SMILES string of the molecule is CC(C)c1cnc(N2CCC[C@H]2C)c2cnc(Cl)cc12. The molecule has 1 fully saturated rings. The Hall–Kier alpha value is -1.35. The Kier molecular flexibility index (Phi) is 3.55. The minimum absolute atomic E-state index is 0.425. The van der Waals surface area contributed by atoms with E-state index in [0.717, 1.165) is 17.7 Å². The number of pyridine rings is 2. The summed E-state index contributed by atoms with van der Waals surface area (Å²) in [6.45, 7) is 7.71. The third-order valence-corrected chi connectivity index (χ3v) is 4.40. The Bertz CT molecular complexity index is 639. The molecule has 1 aliphatic rings. The van der Waals surface area contributed by atoms with Crippen LogP contribution in [0.3, 0.4) is 0 Å². The van der Waals surface area contributed by atoms with E-state index in [-0.39, 0.29) is 0 Å². The molecule has 1 saturated heterocycles. The zero-order chi connectivity index (χ0) is 14.3. The van der Waals surface area contributed by atoms with Crippen LogP contribution in [0.2, 0.25) is 5.15 Å². The van der Waals surface area contributed by atoms with E-state index >= 15 is 0 Å². The predicted molar refractivity (Wildman–Crippen MR) is 84.7 cm³/mol. The van der Waals surface area contributed by atoms with Gasteiger partial charge in [0.2, 0.25) is 0 Å². The molecule has 1 aliphatic heterocycles. The Balaban J connectivity index is 2.22. The highest BCUT2D eigenvalue weighted by molar-refractivity contribution is 6.30. The van der Waals surface area contributed by atoms with Crippen LogP contribution in [0.4, 0.5) is 5.82 Å². The Morgan fingerprint density at radius 3 is 2.70 bits per heavy atom. The summed E-state index contributed by atoms with van der Waals surface area (Å²) in [5.41, 5.74) is 1.24. The van der Waals surface area contributed by atoms with E-state index in [2.05, 4.69) is 30.7 Å². The molecule has 3 rings (SSSR count). The zero-order valence-electron chi connectivity index (χ0n) is 12.2. The van der Waals surface area contributed by atoms with Gasteiger partial charge in [-0.05, 0) is 42.7 Å². The fourth-order valence-electron chi connectivity index (χ4n) is 3.05. The molecule has 2 aromatic rings. The highest BCUT2D eigenvalue weighted by Crippen LogP contribution is 2.34. The number of hydrogen-bond donors (Lipinski definition) is 0. The molecule has 0 amide bonds. The molecule has 3 nitrogen and oxygen atoms in total. The Morgan fingerprint density at radius 1 is 1.25 bits per heavy atom. The van der Waals surface area contributed by atoms with Gasteiger partial charge in [0.1, 0.15) is 11.0 Å². The molecule has 20 heavy (non-hydrogen) atoms. The molecule has 0 bridgehead atoms. The van der Waals surface area contributed by atoms with Gasteiger partial charge in [0.25, 0.3) is 0 Å². The maximum Gasteiger partial charge on any atom is 0.138 e. The largest absolute Gasteiger partial charge is 0.353 e. The lowest BCUT2D eigenvalue weighted by Crippen LogP contribution is -2.27. The Morgan fingerprint density at radius 2 is 2.05 bits per heavy atom. The van der Waals surface area contributed by atoms with Crippen molar-refractivity contribution in [2.24, 2.45) is 0 Å². The first kappa shape index (κ1) is 13.6. The van der Waals surface area contributed by atoms with Crippen molar-refractivity contribution in [2.75, 3.05) is 11.4 Å². The summed E-state index contributed by atoms with van der Waals surface area (Å²) in [5.74, 6) is 1.48. The minimum Gasteiger partial charge on any atom is -0.353 e. The number of rotatable bonds is 2. The van der Waals surface area contributed by atoms with E-state index in [4.69, 9.17) is 16.6 Å². The second kappa shape index (κ2) is 5.21. The number of halogens is 1. The van der Waals surface area contributed by atoms with Crippen LogP contribution >= 0.6 is 11.6 Å². The zero-order valence-corrected chi connectivity index (χ0v) is 13.0. The fourth-order valence-corrected chi connectivity index (χ4v) is 3.21. The van der Waals surface area contributed by atoms with Crippen molar-refractivity contribution in [1.82, 2.24) is 9.97 Å². The van der Waals surface area contributed by atoms with Crippen molar-refractivity contribution in [3.05, 3.63) is 29.2 Å². The van der Waals surface area contributed by atoms with Crippen molar-refractivity contribution in [3.63, 3.8) is 0 Å². The van der Waals surface area contributed by atoms with Crippen molar-refractivity contribution >= 4 is 28.2 Å². The summed E-state index contributed by atoms with van der Waals surface area (Å²) >= 11 is 6.09. The van der Waals surface area contributed by atoms with Crippen molar-refractivity contribution < 1.29 is 0 Å². The van der Waals surface area contributed by atoms with Crippen LogP contribution in [-0.4, -0.2) is 22.6 Å². The van der Waals surface area contributed by atoms with E-state index in [9.17, 15) is 0 Å². The molecule has 1 atom stereocenters. The molecule has 3 heterocycles. The van der Waals surface area contributed by atoms with Gasteiger partial charge in [-0.3, -0.25) is 0 Å². The first-order valence-corrected chi connectivity index (χ1v) is 7.66. The quantitative estimate of drug-likeness (QED) is 0.768. The Labute approximate surface area is 125 Å². The van der Waals surface area contributed by atoms with Gasteiger partial charge in [-0.15, -0.1) is 0 Å². The summed E-state index contributed by atoms with van der Waals surface area (Å²) in [6.07, 6.45) is 6.34. The number of anilines is 1. The lowest BCUT2D eigenvalue weighted by Gasteiger charge is -2.25. The van der Waals surface area contributed by atoms with E-state index in [1.54, 1.807) is 0 Å². The van der Waals surface area contributed by atoms with Gasteiger partial charge in [-0.1, -0.05) is 25.4 Å². The molecule has 0 unspecified atom stereocenters. The van der Waals surface area contributed by atoms with Crippen LogP contribution in [0.15, 0.2) is 18.5 Å². The fraction of sp³-hybridized carbons (Fsp3) is 0.500. The highest BCUT2D eigenvalue weighted by Gasteiger charge is 2.24. The molecule has 0 aliphatic carbocycles. The predicted octanol–water partition coefficient (Wildman–Crippen LogP) is 4.40. The average Bonchev–Trinajstić information content (AvgIpc) is 2.83. The first-order valence-electron chi connectivity index (χ1n) is 7.28. The lowest BCUT2D eigenvalue weighted by atomic mass is 9.99. The molecule has 0 spiro atoms. The van der Waals surface area contributed by atoms with Crippen LogP contribution in [0.5, 0.6) is 0 Å². The smallest absolute Gasteiger partial charge is 0.138 e. The second-order valence-electron chi connectivity index (χ2n) is 5.93. The maximum atomic E-state index is 6.09. The third-order valence-electron chi connectivity index (χ3n) is 4.20. The third kappa shape index (κ3) is 2.24. The molecule has 0 aromatic carbocycles. The summed E-state index contributed by atoms with van der Waals surface area (Å²) in [7, 11) is 0. The van der Waals surface area contributed by atoms with Crippen LogP contribution in [0.1, 0.15) is 45.1 Å². The van der Waals surface area contributed by atoms with Gasteiger partial charge in [0.05, 0.1) is 0 Å². The lowest BCUT2D eigenvalue weighted by molar-refractivity contribution is 0.728. The standard InChI is InChI=1S/C16H20ClN3/c1-10(2)13-8-19-16(20-6-4-5-11(20)3)14-9-18-15(17)7-12(13)14/h7-11H,4-6H2,1-3H3/t11-/m1/s1. The van der Waals surface area contributed by atoms with Gasteiger partial charge in [0.15, 0.2) is 0 Å². The summed E-state index contributed by atoms with van der Waals surface area (Å²) in [6, 6.07) is 2.52. The molecule has 106 valence electrons. The van der Waals surface area contributed by atoms with Gasteiger partial charge >= 0.3 is 0 Å². The molecule has 0 radical (unpaired) electrons. The van der Waals surface area contributed by atoms with Crippen LogP contribution < -0.4 is 4.90 Å². The normalized spacial score (nSPS) is 19.2. The summed E-state index contributed by atoms with van der Waals surface area (Å²) in [4.78, 5) is 11.4.